The number of rotatable bonds is 6. The molecule has 6 heteroatoms. The van der Waals surface area contributed by atoms with Crippen LogP contribution in [0.15, 0.2) is 67.0 Å². The molecule has 0 unspecified atom stereocenters. The first-order chi connectivity index (χ1) is 17.6. The van der Waals surface area contributed by atoms with E-state index in [-0.39, 0.29) is 5.41 Å². The van der Waals surface area contributed by atoms with Crippen LogP contribution in [0.2, 0.25) is 0 Å². The summed E-state index contributed by atoms with van der Waals surface area (Å²) in [7, 11) is 0. The number of imidazole rings is 1. The third-order valence-electron chi connectivity index (χ3n) is 8.19. The van der Waals surface area contributed by atoms with Gasteiger partial charge >= 0.3 is 0 Å². The summed E-state index contributed by atoms with van der Waals surface area (Å²) in [5.41, 5.74) is 10.4. The van der Waals surface area contributed by atoms with Crippen molar-refractivity contribution in [3.05, 3.63) is 78.4 Å². The van der Waals surface area contributed by atoms with Gasteiger partial charge in [0, 0.05) is 29.4 Å². The molecule has 1 saturated carbocycles. The van der Waals surface area contributed by atoms with Gasteiger partial charge in [0.25, 0.3) is 0 Å². The van der Waals surface area contributed by atoms with Crippen LogP contribution in [-0.2, 0) is 12.0 Å². The lowest BCUT2D eigenvalue weighted by molar-refractivity contribution is 0.150. The predicted molar refractivity (Wildman–Crippen MR) is 144 cm³/mol. The van der Waals surface area contributed by atoms with Crippen LogP contribution < -0.4 is 10.5 Å². The van der Waals surface area contributed by atoms with Crippen molar-refractivity contribution in [3.8, 4) is 17.0 Å². The van der Waals surface area contributed by atoms with Gasteiger partial charge in [-0.1, -0.05) is 49.4 Å². The van der Waals surface area contributed by atoms with Crippen LogP contribution in [0.5, 0.6) is 5.75 Å². The Kier molecular flexibility index (Phi) is 6.13. The van der Waals surface area contributed by atoms with E-state index in [1.165, 1.54) is 38.8 Å². The van der Waals surface area contributed by atoms with E-state index in [0.717, 1.165) is 52.8 Å². The molecule has 0 atom stereocenters. The molecule has 186 valence electrons. The van der Waals surface area contributed by atoms with Gasteiger partial charge in [0.1, 0.15) is 35.2 Å². The number of benzene rings is 2. The second-order valence-corrected chi connectivity index (χ2v) is 10.7. The van der Waals surface area contributed by atoms with Crippen molar-refractivity contribution in [1.82, 2.24) is 19.3 Å². The average Bonchev–Trinajstić information content (AvgIpc) is 3.59. The first kappa shape index (κ1) is 23.0. The largest absolute Gasteiger partial charge is 0.489 e. The molecule has 1 aliphatic heterocycles. The molecule has 0 spiro atoms. The van der Waals surface area contributed by atoms with Gasteiger partial charge in [-0.2, -0.15) is 0 Å². The van der Waals surface area contributed by atoms with Crippen LogP contribution in [0.4, 0.5) is 5.82 Å². The Morgan fingerprint density at radius 3 is 2.58 bits per heavy atom. The molecule has 3 heterocycles. The van der Waals surface area contributed by atoms with E-state index in [1.807, 2.05) is 36.5 Å². The SMILES string of the molecule is CC1(c2nc(-c3cccc(OCc4ccccc4)c3)c3c(N)nccn23)CCC(N2CCCC2)CC1. The van der Waals surface area contributed by atoms with Gasteiger partial charge in [-0.3, -0.25) is 4.40 Å². The molecule has 0 radical (unpaired) electrons. The number of ether oxygens (including phenoxy) is 1. The van der Waals surface area contributed by atoms with Crippen molar-refractivity contribution in [2.45, 2.75) is 63.5 Å². The smallest absolute Gasteiger partial charge is 0.150 e. The highest BCUT2D eigenvalue weighted by atomic mass is 16.5. The van der Waals surface area contributed by atoms with Crippen molar-refractivity contribution >= 4 is 11.3 Å². The third-order valence-corrected chi connectivity index (χ3v) is 8.19. The summed E-state index contributed by atoms with van der Waals surface area (Å²) in [5.74, 6) is 2.42. The Labute approximate surface area is 213 Å². The Bertz CT molecular complexity index is 1330. The van der Waals surface area contributed by atoms with Crippen LogP contribution in [-0.4, -0.2) is 38.4 Å². The molecule has 2 fully saturated rings. The molecule has 2 aliphatic rings. The zero-order chi connectivity index (χ0) is 24.5. The zero-order valence-electron chi connectivity index (χ0n) is 21.1. The van der Waals surface area contributed by atoms with E-state index < -0.39 is 0 Å². The van der Waals surface area contributed by atoms with Crippen LogP contribution in [0.25, 0.3) is 16.8 Å². The first-order valence-electron chi connectivity index (χ1n) is 13.2. The van der Waals surface area contributed by atoms with Gasteiger partial charge in [-0.05, 0) is 69.3 Å². The Morgan fingerprint density at radius 2 is 1.81 bits per heavy atom. The van der Waals surface area contributed by atoms with Gasteiger partial charge in [0.15, 0.2) is 0 Å². The normalized spacial score (nSPS) is 22.8. The predicted octanol–water partition coefficient (Wildman–Crippen LogP) is 5.85. The monoisotopic (exact) mass is 481 g/mol. The summed E-state index contributed by atoms with van der Waals surface area (Å²) in [6.45, 7) is 5.44. The molecule has 6 nitrogen and oxygen atoms in total. The van der Waals surface area contributed by atoms with E-state index in [4.69, 9.17) is 15.5 Å². The Hall–Kier alpha value is -3.38. The number of likely N-dealkylation sites (tertiary alicyclic amines) is 1. The quantitative estimate of drug-likeness (QED) is 0.374. The summed E-state index contributed by atoms with van der Waals surface area (Å²) >= 11 is 0. The van der Waals surface area contributed by atoms with Crippen molar-refractivity contribution in [2.24, 2.45) is 0 Å². The molecule has 1 aliphatic carbocycles. The number of fused-ring (bicyclic) bond motifs is 1. The number of aromatic nitrogens is 3. The summed E-state index contributed by atoms with van der Waals surface area (Å²) in [4.78, 5) is 12.4. The maximum Gasteiger partial charge on any atom is 0.150 e. The minimum atomic E-state index is 0.00655. The number of anilines is 1. The lowest BCUT2D eigenvalue weighted by Crippen LogP contribution is -2.40. The minimum absolute atomic E-state index is 0.00655. The summed E-state index contributed by atoms with van der Waals surface area (Å²) < 4.78 is 8.30. The van der Waals surface area contributed by atoms with Crippen LogP contribution in [0, 0.1) is 0 Å². The third kappa shape index (κ3) is 4.35. The highest BCUT2D eigenvalue weighted by Gasteiger charge is 2.39. The van der Waals surface area contributed by atoms with Crippen LogP contribution in [0.3, 0.4) is 0 Å². The second kappa shape index (κ2) is 9.58. The maximum absolute atomic E-state index is 6.45. The van der Waals surface area contributed by atoms with Crippen molar-refractivity contribution in [1.29, 1.82) is 0 Å². The van der Waals surface area contributed by atoms with Gasteiger partial charge < -0.3 is 15.4 Å². The van der Waals surface area contributed by atoms with Gasteiger partial charge in [0.05, 0.1) is 0 Å². The maximum atomic E-state index is 6.45. The molecule has 1 saturated heterocycles. The lowest BCUT2D eigenvalue weighted by atomic mass is 9.73. The Balaban J connectivity index is 1.31. The number of nitrogens with zero attached hydrogens (tertiary/aromatic N) is 4. The molecule has 0 amide bonds. The van der Waals surface area contributed by atoms with Crippen molar-refractivity contribution in [3.63, 3.8) is 0 Å². The Morgan fingerprint density at radius 1 is 1.03 bits per heavy atom. The van der Waals surface area contributed by atoms with Crippen molar-refractivity contribution in [2.75, 3.05) is 18.8 Å². The molecule has 0 bridgehead atoms. The van der Waals surface area contributed by atoms with Crippen LogP contribution in [0.1, 0.15) is 56.8 Å². The summed E-state index contributed by atoms with van der Waals surface area (Å²) in [6, 6.07) is 19.1. The molecule has 6 rings (SSSR count). The number of hydrogen-bond donors (Lipinski definition) is 1. The van der Waals surface area contributed by atoms with E-state index in [9.17, 15) is 0 Å². The summed E-state index contributed by atoms with van der Waals surface area (Å²) in [5, 5.41) is 0. The van der Waals surface area contributed by atoms with E-state index in [1.54, 1.807) is 6.20 Å². The van der Waals surface area contributed by atoms with E-state index in [2.05, 4.69) is 45.5 Å². The fourth-order valence-corrected chi connectivity index (χ4v) is 6.10. The molecule has 2 aromatic heterocycles. The topological polar surface area (TPSA) is 68.7 Å². The standard InChI is InChI=1S/C30H35N5O/c1-30(14-12-24(13-15-30)34-17-5-6-18-34)29-33-26(27-28(31)32-16-19-35(27)29)23-10-7-11-25(20-23)36-21-22-8-3-2-4-9-22/h2-4,7-11,16,19-20,24H,5-6,12-15,17-18,21H2,1H3,(H2,31,32). The van der Waals surface area contributed by atoms with Crippen LogP contribution >= 0.6 is 0 Å². The lowest BCUT2D eigenvalue weighted by Gasteiger charge is -2.40. The highest BCUT2D eigenvalue weighted by molar-refractivity contribution is 5.85. The van der Waals surface area contributed by atoms with Gasteiger partial charge in [0.2, 0.25) is 0 Å². The number of nitrogens with two attached hydrogens (primary N) is 1. The second-order valence-electron chi connectivity index (χ2n) is 10.7. The highest BCUT2D eigenvalue weighted by Crippen LogP contribution is 2.43. The fourth-order valence-electron chi connectivity index (χ4n) is 6.10. The number of hydrogen-bond acceptors (Lipinski definition) is 5. The van der Waals surface area contributed by atoms with Crippen molar-refractivity contribution < 1.29 is 4.74 Å². The summed E-state index contributed by atoms with van der Waals surface area (Å²) in [6.07, 6.45) is 11.2. The molecule has 2 aromatic carbocycles. The van der Waals surface area contributed by atoms with E-state index >= 15 is 0 Å². The van der Waals surface area contributed by atoms with Gasteiger partial charge in [-0.15, -0.1) is 0 Å². The first-order valence-corrected chi connectivity index (χ1v) is 13.2. The average molecular weight is 482 g/mol. The zero-order valence-corrected chi connectivity index (χ0v) is 21.1. The number of nitrogen functional groups attached to an aromatic ring is 1. The molecular weight excluding hydrogens is 446 g/mol. The van der Waals surface area contributed by atoms with E-state index in [0.29, 0.717) is 12.4 Å². The molecular formula is C30H35N5O. The molecule has 4 aromatic rings. The molecule has 36 heavy (non-hydrogen) atoms. The van der Waals surface area contributed by atoms with Gasteiger partial charge in [-0.25, -0.2) is 9.97 Å². The molecule has 2 N–H and O–H groups in total. The minimum Gasteiger partial charge on any atom is -0.489 e. The fraction of sp³-hybridized carbons (Fsp3) is 0.400.